The summed E-state index contributed by atoms with van der Waals surface area (Å²) in [6.07, 6.45) is 3.41. The summed E-state index contributed by atoms with van der Waals surface area (Å²) in [5.41, 5.74) is 2.16. The van der Waals surface area contributed by atoms with Crippen LogP contribution in [0.1, 0.15) is 24.8 Å². The van der Waals surface area contributed by atoms with Crippen molar-refractivity contribution in [1.29, 1.82) is 0 Å². The quantitative estimate of drug-likeness (QED) is 0.770. The third kappa shape index (κ3) is 3.13. The second kappa shape index (κ2) is 6.10. The van der Waals surface area contributed by atoms with Gasteiger partial charge in [-0.1, -0.05) is 26.0 Å². The average molecular weight is 298 g/mol. The normalized spacial score (nSPS) is 12.5. The van der Waals surface area contributed by atoms with Gasteiger partial charge in [0.15, 0.2) is 0 Å². The zero-order valence-electron chi connectivity index (χ0n) is 12.1. The molecule has 2 heterocycles. The molecule has 0 amide bonds. The molecule has 0 fully saturated rings. The molecule has 0 aliphatic rings. The minimum absolute atomic E-state index is 0.321. The molecule has 1 atom stereocenters. The van der Waals surface area contributed by atoms with Crippen molar-refractivity contribution in [2.75, 3.05) is 5.32 Å². The largest absolute Gasteiger partial charge is 0.377 e. The molecule has 0 radical (unpaired) electrons. The molecule has 3 rings (SSSR count). The van der Waals surface area contributed by atoms with E-state index in [9.17, 15) is 0 Å². The molecular weight excluding hydrogens is 280 g/mol. The predicted molar refractivity (Wildman–Crippen MR) is 86.9 cm³/mol. The molecule has 4 nitrogen and oxygen atoms in total. The second-order valence-corrected chi connectivity index (χ2v) is 6.28. The molecule has 0 saturated carbocycles. The van der Waals surface area contributed by atoms with Crippen molar-refractivity contribution in [3.05, 3.63) is 59.3 Å². The lowest BCUT2D eigenvalue weighted by atomic mass is 10.0. The molecule has 0 spiro atoms. The highest BCUT2D eigenvalue weighted by Gasteiger charge is 2.16. The number of nitrogens with one attached hydrogen (secondary N) is 1. The van der Waals surface area contributed by atoms with Crippen LogP contribution in [0.4, 0.5) is 5.69 Å². The van der Waals surface area contributed by atoms with E-state index in [4.69, 9.17) is 0 Å². The zero-order valence-corrected chi connectivity index (χ0v) is 12.9. The predicted octanol–water partition coefficient (Wildman–Crippen LogP) is 4.14. The fourth-order valence-corrected chi connectivity index (χ4v) is 3.25. The Bertz CT molecular complexity index is 674. The van der Waals surface area contributed by atoms with E-state index in [1.54, 1.807) is 24.0 Å². The lowest BCUT2D eigenvalue weighted by molar-refractivity contribution is 0.554. The number of nitrogens with zero attached hydrogens (tertiary/aromatic N) is 3. The summed E-state index contributed by atoms with van der Waals surface area (Å²) in [5, 5.41) is 13.5. The summed E-state index contributed by atoms with van der Waals surface area (Å²) >= 11 is 1.79. The van der Waals surface area contributed by atoms with Gasteiger partial charge >= 0.3 is 0 Å². The number of benzene rings is 1. The molecule has 21 heavy (non-hydrogen) atoms. The standard InChI is InChI=1S/C16H18N4S/c1-12(2)16(15-7-4-8-21-15)19-13-5-3-6-14(9-13)20-10-17-18-11-20/h3-12,16,19H,1-2H3. The van der Waals surface area contributed by atoms with Gasteiger partial charge < -0.3 is 5.32 Å². The van der Waals surface area contributed by atoms with Gasteiger partial charge in [0.2, 0.25) is 0 Å². The van der Waals surface area contributed by atoms with E-state index in [-0.39, 0.29) is 0 Å². The second-order valence-electron chi connectivity index (χ2n) is 5.30. The van der Waals surface area contributed by atoms with E-state index in [1.165, 1.54) is 4.88 Å². The van der Waals surface area contributed by atoms with E-state index in [0.29, 0.717) is 12.0 Å². The van der Waals surface area contributed by atoms with Gasteiger partial charge in [-0.05, 0) is 35.6 Å². The minimum Gasteiger partial charge on any atom is -0.377 e. The zero-order chi connectivity index (χ0) is 14.7. The maximum absolute atomic E-state index is 3.85. The van der Waals surface area contributed by atoms with E-state index < -0.39 is 0 Å². The van der Waals surface area contributed by atoms with E-state index >= 15 is 0 Å². The lowest BCUT2D eigenvalue weighted by Gasteiger charge is -2.22. The van der Waals surface area contributed by atoms with E-state index in [2.05, 4.69) is 59.0 Å². The molecule has 1 aromatic carbocycles. The number of hydrogen-bond donors (Lipinski definition) is 1. The molecule has 1 N–H and O–H groups in total. The minimum atomic E-state index is 0.321. The molecule has 0 aliphatic heterocycles. The highest BCUT2D eigenvalue weighted by atomic mass is 32.1. The number of thiophene rings is 1. The molecule has 0 bridgehead atoms. The third-order valence-electron chi connectivity index (χ3n) is 3.40. The summed E-state index contributed by atoms with van der Waals surface area (Å²) < 4.78 is 1.90. The first-order valence-electron chi connectivity index (χ1n) is 6.99. The van der Waals surface area contributed by atoms with Crippen LogP contribution in [0.2, 0.25) is 0 Å². The summed E-state index contributed by atoms with van der Waals surface area (Å²) in [7, 11) is 0. The summed E-state index contributed by atoms with van der Waals surface area (Å²) in [6.45, 7) is 4.47. The Morgan fingerprint density at radius 3 is 2.57 bits per heavy atom. The highest BCUT2D eigenvalue weighted by molar-refractivity contribution is 7.10. The molecule has 5 heteroatoms. The van der Waals surface area contributed by atoms with Crippen LogP contribution < -0.4 is 5.32 Å². The van der Waals surface area contributed by atoms with E-state index in [0.717, 1.165) is 11.4 Å². The molecule has 3 aromatic rings. The number of aromatic nitrogens is 3. The van der Waals surface area contributed by atoms with Gasteiger partial charge in [-0.3, -0.25) is 4.57 Å². The van der Waals surface area contributed by atoms with Crippen molar-refractivity contribution in [1.82, 2.24) is 14.8 Å². The molecule has 1 unspecified atom stereocenters. The van der Waals surface area contributed by atoms with Gasteiger partial charge in [0.05, 0.1) is 11.7 Å². The molecule has 0 aliphatic carbocycles. The van der Waals surface area contributed by atoms with Crippen LogP contribution in [0, 0.1) is 5.92 Å². The topological polar surface area (TPSA) is 42.7 Å². The van der Waals surface area contributed by atoms with Crippen LogP contribution in [0.15, 0.2) is 54.4 Å². The van der Waals surface area contributed by atoms with Crippen LogP contribution in [-0.4, -0.2) is 14.8 Å². The lowest BCUT2D eigenvalue weighted by Crippen LogP contribution is -2.15. The van der Waals surface area contributed by atoms with Crippen LogP contribution in [0.25, 0.3) is 5.69 Å². The number of anilines is 1. The van der Waals surface area contributed by atoms with Crippen molar-refractivity contribution >= 4 is 17.0 Å². The molecule has 0 saturated heterocycles. The van der Waals surface area contributed by atoms with Crippen molar-refractivity contribution < 1.29 is 0 Å². The third-order valence-corrected chi connectivity index (χ3v) is 4.36. The van der Waals surface area contributed by atoms with Crippen LogP contribution >= 0.6 is 11.3 Å². The maximum Gasteiger partial charge on any atom is 0.123 e. The van der Waals surface area contributed by atoms with Gasteiger partial charge in [-0.2, -0.15) is 0 Å². The van der Waals surface area contributed by atoms with Gasteiger partial charge in [0, 0.05) is 10.6 Å². The van der Waals surface area contributed by atoms with Crippen molar-refractivity contribution in [3.63, 3.8) is 0 Å². The molecule has 2 aromatic heterocycles. The Morgan fingerprint density at radius 2 is 1.90 bits per heavy atom. The van der Waals surface area contributed by atoms with Crippen LogP contribution in [-0.2, 0) is 0 Å². The Hall–Kier alpha value is -2.14. The van der Waals surface area contributed by atoms with Crippen molar-refractivity contribution in [3.8, 4) is 5.69 Å². The average Bonchev–Trinajstić information content (AvgIpc) is 3.18. The first-order valence-corrected chi connectivity index (χ1v) is 7.87. The summed E-state index contributed by atoms with van der Waals surface area (Å²) in [4.78, 5) is 1.36. The van der Waals surface area contributed by atoms with Gasteiger partial charge in [0.25, 0.3) is 0 Å². The highest BCUT2D eigenvalue weighted by Crippen LogP contribution is 2.30. The number of hydrogen-bond acceptors (Lipinski definition) is 4. The SMILES string of the molecule is CC(C)C(Nc1cccc(-n2cnnc2)c1)c1cccs1. The van der Waals surface area contributed by atoms with E-state index in [1.807, 2.05) is 16.7 Å². The van der Waals surface area contributed by atoms with Crippen molar-refractivity contribution in [2.45, 2.75) is 19.9 Å². The summed E-state index contributed by atoms with van der Waals surface area (Å²) in [5.74, 6) is 0.516. The monoisotopic (exact) mass is 298 g/mol. The maximum atomic E-state index is 3.85. The van der Waals surface area contributed by atoms with Crippen LogP contribution in [0.5, 0.6) is 0 Å². The summed E-state index contributed by atoms with van der Waals surface area (Å²) in [6, 6.07) is 12.9. The van der Waals surface area contributed by atoms with Crippen molar-refractivity contribution in [2.24, 2.45) is 5.92 Å². The Labute approximate surface area is 128 Å². The van der Waals surface area contributed by atoms with Gasteiger partial charge in [-0.25, -0.2) is 0 Å². The molecule has 108 valence electrons. The van der Waals surface area contributed by atoms with Gasteiger partial charge in [0.1, 0.15) is 12.7 Å². The Kier molecular flexibility index (Phi) is 4.01. The first kappa shape index (κ1) is 13.8. The van der Waals surface area contributed by atoms with Crippen LogP contribution in [0.3, 0.4) is 0 Å². The van der Waals surface area contributed by atoms with Gasteiger partial charge in [-0.15, -0.1) is 21.5 Å². The Morgan fingerprint density at radius 1 is 1.10 bits per heavy atom. The molecular formula is C16H18N4S. The smallest absolute Gasteiger partial charge is 0.123 e. The fourth-order valence-electron chi connectivity index (χ4n) is 2.30. The fraction of sp³-hybridized carbons (Fsp3) is 0.250. The Balaban J connectivity index is 1.85. The number of rotatable bonds is 5. The first-order chi connectivity index (χ1) is 10.2.